The van der Waals surface area contributed by atoms with Gasteiger partial charge in [0.15, 0.2) is 0 Å². The molecule has 0 aromatic rings. The van der Waals surface area contributed by atoms with E-state index in [2.05, 4.69) is 58.8 Å². The van der Waals surface area contributed by atoms with Gasteiger partial charge < -0.3 is 15.4 Å². The summed E-state index contributed by atoms with van der Waals surface area (Å²) in [5.41, 5.74) is 1.25. The van der Waals surface area contributed by atoms with Gasteiger partial charge in [-0.2, -0.15) is 0 Å². The van der Waals surface area contributed by atoms with E-state index in [9.17, 15) is 14.4 Å². The van der Waals surface area contributed by atoms with Gasteiger partial charge in [-0.15, -0.1) is 0 Å². The van der Waals surface area contributed by atoms with Gasteiger partial charge in [-0.25, -0.2) is 9.59 Å². The number of hydrogen-bond acceptors (Lipinski definition) is 4. The van der Waals surface area contributed by atoms with Crippen LogP contribution >= 0.6 is 0 Å². The number of carbonyl (C=O) groups excluding carboxylic acids is 3. The Hall–Kier alpha value is -1.85. The zero-order chi connectivity index (χ0) is 31.0. The van der Waals surface area contributed by atoms with E-state index in [-0.39, 0.29) is 39.1 Å². The second kappa shape index (κ2) is 10.4. The van der Waals surface area contributed by atoms with E-state index in [1.54, 1.807) is 0 Å². The molecule has 2 N–H and O–H groups in total. The molecule has 6 unspecified atom stereocenters. The molecule has 0 aromatic carbocycles. The monoisotopic (exact) mass is 582 g/mol. The first-order valence-corrected chi connectivity index (χ1v) is 16.8. The van der Waals surface area contributed by atoms with Gasteiger partial charge in [0.2, 0.25) is 0 Å². The van der Waals surface area contributed by atoms with Crippen molar-refractivity contribution in [1.82, 2.24) is 10.6 Å². The zero-order valence-electron chi connectivity index (χ0n) is 28.0. The number of nitrogens with one attached hydrogen (secondary N) is 2. The molecule has 5 aliphatic carbocycles. The molecule has 10 atom stereocenters. The molecule has 2 amide bonds. The summed E-state index contributed by atoms with van der Waals surface area (Å²) >= 11 is 0. The van der Waals surface area contributed by atoms with Gasteiger partial charge in [0.25, 0.3) is 0 Å². The van der Waals surface area contributed by atoms with Gasteiger partial charge in [-0.1, -0.05) is 60.6 Å². The molecule has 5 saturated carbocycles. The summed E-state index contributed by atoms with van der Waals surface area (Å²) in [5.74, 6) is 2.27. The Morgan fingerprint density at radius 1 is 0.905 bits per heavy atom. The average Bonchev–Trinajstić information content (AvgIpc) is 3.29. The van der Waals surface area contributed by atoms with Crippen LogP contribution in [0.15, 0.2) is 12.2 Å². The van der Waals surface area contributed by atoms with Crippen LogP contribution in [0, 0.1) is 57.2 Å². The van der Waals surface area contributed by atoms with Crippen LogP contribution in [0.25, 0.3) is 0 Å². The molecule has 0 aromatic heterocycles. The highest BCUT2D eigenvalue weighted by Crippen LogP contribution is 2.76. The van der Waals surface area contributed by atoms with E-state index in [1.807, 2.05) is 13.8 Å². The molecular weight excluding hydrogens is 524 g/mol. The maximum atomic E-state index is 13.6. The summed E-state index contributed by atoms with van der Waals surface area (Å²) in [4.78, 5) is 39.1. The Kier molecular flexibility index (Phi) is 7.79. The first-order valence-electron chi connectivity index (χ1n) is 16.8. The molecule has 0 bridgehead atoms. The molecule has 5 rings (SSSR count). The fourth-order valence-corrected chi connectivity index (χ4v) is 12.2. The number of esters is 1. The molecule has 0 saturated heterocycles. The maximum absolute atomic E-state index is 13.6. The van der Waals surface area contributed by atoms with Crippen LogP contribution in [0.5, 0.6) is 0 Å². The van der Waals surface area contributed by atoms with Crippen LogP contribution in [0.1, 0.15) is 120 Å². The SMILES string of the molecule is C=C(C)C1CCC2(NC(=O)N[C@@H](C(=O)OC)C(C)C)CC[C@@]3(C)C(CCC4[C@@]5(C)CCC(=O)C(C)(C)C5CC[C@]43C)C12. The van der Waals surface area contributed by atoms with Crippen LogP contribution in [0.2, 0.25) is 0 Å². The number of allylic oxidation sites excluding steroid dienone is 1. The highest BCUT2D eigenvalue weighted by atomic mass is 16.5. The largest absolute Gasteiger partial charge is 0.467 e. The van der Waals surface area contributed by atoms with Crippen molar-refractivity contribution in [3.05, 3.63) is 12.2 Å². The summed E-state index contributed by atoms with van der Waals surface area (Å²) in [5, 5.41) is 6.48. The number of urea groups is 1. The molecule has 5 fully saturated rings. The highest BCUT2D eigenvalue weighted by Gasteiger charge is 2.71. The third-order valence-corrected chi connectivity index (χ3v) is 14.6. The van der Waals surface area contributed by atoms with Crippen molar-refractivity contribution in [2.45, 2.75) is 131 Å². The van der Waals surface area contributed by atoms with E-state index in [0.29, 0.717) is 35.4 Å². The van der Waals surface area contributed by atoms with Gasteiger partial charge in [0.05, 0.1) is 7.11 Å². The lowest BCUT2D eigenvalue weighted by Gasteiger charge is -2.72. The predicted octanol–water partition coefficient (Wildman–Crippen LogP) is 7.46. The molecule has 42 heavy (non-hydrogen) atoms. The molecule has 0 aliphatic heterocycles. The lowest BCUT2D eigenvalue weighted by atomic mass is 9.32. The Balaban J connectivity index is 1.47. The van der Waals surface area contributed by atoms with E-state index >= 15 is 0 Å². The molecular formula is C36H58N2O4. The van der Waals surface area contributed by atoms with Crippen molar-refractivity contribution in [3.8, 4) is 0 Å². The number of fused-ring (bicyclic) bond motifs is 7. The van der Waals surface area contributed by atoms with E-state index < -0.39 is 12.0 Å². The van der Waals surface area contributed by atoms with E-state index in [4.69, 9.17) is 4.74 Å². The van der Waals surface area contributed by atoms with Gasteiger partial charge in [0.1, 0.15) is 11.8 Å². The number of carbonyl (C=O) groups is 3. The lowest BCUT2D eigenvalue weighted by Crippen LogP contribution is -2.69. The van der Waals surface area contributed by atoms with E-state index in [0.717, 1.165) is 44.9 Å². The minimum Gasteiger partial charge on any atom is -0.467 e. The number of methoxy groups -OCH3 is 1. The molecule has 6 heteroatoms. The zero-order valence-corrected chi connectivity index (χ0v) is 28.0. The van der Waals surface area contributed by atoms with Crippen LogP contribution in [0.3, 0.4) is 0 Å². The molecule has 5 aliphatic rings. The summed E-state index contributed by atoms with van der Waals surface area (Å²) < 4.78 is 5.00. The fourth-order valence-electron chi connectivity index (χ4n) is 12.2. The van der Waals surface area contributed by atoms with Crippen molar-refractivity contribution in [2.75, 3.05) is 7.11 Å². The van der Waals surface area contributed by atoms with Gasteiger partial charge in [0, 0.05) is 17.4 Å². The lowest BCUT2D eigenvalue weighted by molar-refractivity contribution is -0.228. The topological polar surface area (TPSA) is 84.5 Å². The average molecular weight is 583 g/mol. The van der Waals surface area contributed by atoms with Crippen LogP contribution in [-0.2, 0) is 14.3 Å². The smallest absolute Gasteiger partial charge is 0.328 e. The summed E-state index contributed by atoms with van der Waals surface area (Å²) in [6.45, 7) is 22.7. The number of ether oxygens (including phenoxy) is 1. The van der Waals surface area contributed by atoms with Crippen molar-refractivity contribution in [3.63, 3.8) is 0 Å². The van der Waals surface area contributed by atoms with E-state index in [1.165, 1.54) is 31.9 Å². The van der Waals surface area contributed by atoms with Gasteiger partial charge in [-0.05, 0) is 116 Å². The van der Waals surface area contributed by atoms with Crippen molar-refractivity contribution >= 4 is 17.8 Å². The summed E-state index contributed by atoms with van der Waals surface area (Å²) in [6.07, 6.45) is 10.5. The summed E-state index contributed by atoms with van der Waals surface area (Å²) in [7, 11) is 1.37. The minimum atomic E-state index is -0.672. The van der Waals surface area contributed by atoms with Crippen molar-refractivity contribution < 1.29 is 19.1 Å². The molecule has 0 radical (unpaired) electrons. The van der Waals surface area contributed by atoms with Gasteiger partial charge >= 0.3 is 12.0 Å². The Bertz CT molecular complexity index is 1150. The maximum Gasteiger partial charge on any atom is 0.328 e. The van der Waals surface area contributed by atoms with Crippen molar-refractivity contribution in [2.24, 2.45) is 57.2 Å². The molecule has 236 valence electrons. The standard InChI is InChI=1S/C36H58N2O4/c1-21(2)23-13-18-36(38-31(41)37-29(22(3)4)30(40)42-10)20-19-34(8)24(28(23)36)11-12-26-33(7)16-15-27(39)32(5,6)25(33)14-17-35(26,34)9/h22-26,28-29H,1,11-20H2,2-10H3,(H2,37,38,41)/t23?,24?,25?,26?,28?,29-,33+,34+,35-,36?/m1/s1. The quantitative estimate of drug-likeness (QED) is 0.260. The third kappa shape index (κ3) is 4.34. The normalized spacial score (nSPS) is 44.6. The van der Waals surface area contributed by atoms with Crippen molar-refractivity contribution in [1.29, 1.82) is 0 Å². The second-order valence-electron chi connectivity index (χ2n) is 16.8. The predicted molar refractivity (Wildman–Crippen MR) is 167 cm³/mol. The second-order valence-corrected chi connectivity index (χ2v) is 16.8. The fraction of sp³-hybridized carbons (Fsp3) is 0.861. The van der Waals surface area contributed by atoms with Crippen LogP contribution in [0.4, 0.5) is 4.79 Å². The first-order chi connectivity index (χ1) is 19.5. The number of hydrogen-bond donors (Lipinski definition) is 2. The Morgan fingerprint density at radius 3 is 2.21 bits per heavy atom. The highest BCUT2D eigenvalue weighted by molar-refractivity contribution is 5.85. The Labute approximate surface area is 254 Å². The minimum absolute atomic E-state index is 0.0651. The number of Topliss-reactive ketones (excluding diaryl/α,β-unsaturated/α-hetero) is 1. The van der Waals surface area contributed by atoms with Crippen LogP contribution in [-0.4, -0.2) is 36.5 Å². The molecule has 6 nitrogen and oxygen atoms in total. The summed E-state index contributed by atoms with van der Waals surface area (Å²) in [6, 6.07) is -0.925. The molecule has 0 spiro atoms. The van der Waals surface area contributed by atoms with Crippen LogP contribution < -0.4 is 10.6 Å². The van der Waals surface area contributed by atoms with Gasteiger partial charge in [-0.3, -0.25) is 4.79 Å². The molecule has 0 heterocycles. The Morgan fingerprint density at radius 2 is 1.60 bits per heavy atom. The number of amides is 2. The third-order valence-electron chi connectivity index (χ3n) is 14.6. The number of ketones is 1. The first kappa shape index (κ1) is 31.6. The number of rotatable bonds is 5.